The van der Waals surface area contributed by atoms with E-state index in [1.807, 2.05) is 0 Å². The van der Waals surface area contributed by atoms with Crippen LogP contribution in [0.5, 0.6) is 5.75 Å². The molecule has 27 heteroatoms. The zero-order chi connectivity index (χ0) is 53.1. The number of H-pyrrole nitrogens is 1. The predicted molar refractivity (Wildman–Crippen MR) is 249 cm³/mol. The Morgan fingerprint density at radius 2 is 1.49 bits per heavy atom. The number of aliphatic carboxylic acids is 1. The number of Topliss-reactive ketones (excluding diaryl/α,β-unsaturated/α-hetero) is 1. The SMILES string of the molecule is CCC(C)C1NC(=O)CNC(=O)C2Cc3c([nH]c4cc(O)ccc34)S(=O)CC(NC(=O)CNC1=O)C(=O)NC(CC(N)=O)C(=O)C1CC(O)CC1C(=O)NC(C(C)C(O)COC(=O)CCCC(=O)O)C(=O)N2. The highest BCUT2D eigenvalue weighted by Gasteiger charge is 2.47. The van der Waals surface area contributed by atoms with Crippen molar-refractivity contribution in [3.8, 4) is 5.75 Å². The van der Waals surface area contributed by atoms with Gasteiger partial charge >= 0.3 is 11.9 Å². The van der Waals surface area contributed by atoms with Crippen LogP contribution in [0.15, 0.2) is 23.2 Å². The molecule has 0 radical (unpaired) electrons. The molecule has 1 saturated carbocycles. The number of aromatic hydroxyl groups is 1. The number of rotatable bonds is 12. The van der Waals surface area contributed by atoms with Gasteiger partial charge in [0.2, 0.25) is 47.3 Å². The van der Waals surface area contributed by atoms with Crippen LogP contribution in [0, 0.1) is 23.7 Å². The number of hydrogen-bond donors (Lipinski definition) is 13. The van der Waals surface area contributed by atoms with E-state index in [-0.39, 0.29) is 46.5 Å². The van der Waals surface area contributed by atoms with Crippen LogP contribution < -0.4 is 43.0 Å². The summed E-state index contributed by atoms with van der Waals surface area (Å²) in [6, 6.07) is -4.69. The van der Waals surface area contributed by atoms with E-state index in [1.165, 1.54) is 25.1 Å². The van der Waals surface area contributed by atoms with Gasteiger partial charge in [-0.15, -0.1) is 0 Å². The third-order valence-electron chi connectivity index (χ3n) is 13.0. The molecule has 2 bridgehead atoms. The van der Waals surface area contributed by atoms with Gasteiger partial charge in [-0.2, -0.15) is 0 Å². The van der Waals surface area contributed by atoms with Gasteiger partial charge in [-0.1, -0.05) is 27.2 Å². The number of carboxylic acids is 1. The lowest BCUT2D eigenvalue weighted by Gasteiger charge is -2.31. The molecule has 0 spiro atoms. The first-order chi connectivity index (χ1) is 34.0. The fourth-order valence-electron chi connectivity index (χ4n) is 8.72. The van der Waals surface area contributed by atoms with Gasteiger partial charge < -0.3 is 73.1 Å². The number of carbonyl (C=O) groups excluding carboxylic acids is 10. The molecule has 14 N–H and O–H groups in total. The van der Waals surface area contributed by atoms with Crippen LogP contribution in [0.25, 0.3) is 10.9 Å². The second-order valence-corrected chi connectivity index (χ2v) is 19.7. The number of nitrogens with two attached hydrogens (primary N) is 1. The summed E-state index contributed by atoms with van der Waals surface area (Å²) in [6.45, 7) is 2.26. The highest BCUT2D eigenvalue weighted by atomic mass is 32.2. The standard InChI is InChI=1S/C45H61N9O17S/c1-4-19(2)37-43(68)48-15-33(59)49-30-18-72(70)45-26(23-9-8-21(55)12-27(23)52-45)13-29(41(66)47-16-34(60)53-37)51-44(69)38(20(3)31(57)17-71-36(63)7-5-6-35(61)62)54-40(65)25-11-22(56)10-24(25)39(64)28(14-32(46)58)50-42(30)67/h8-9,12,19-20,22,24-25,28-31,37-38,52,55-57H,4-7,10-11,13-18H2,1-3H3,(H2,46,58)(H,47,66)(H,48,68)(H,49,59)(H,50,67)(H,51,69)(H,53,60)(H,54,65)(H,61,62). The van der Waals surface area contributed by atoms with E-state index in [9.17, 15) is 72.3 Å². The number of fused-ring (bicyclic) bond motifs is 5. The van der Waals surface area contributed by atoms with Crippen LogP contribution in [-0.2, 0) is 74.7 Å². The molecule has 394 valence electrons. The number of hydrogen-bond acceptors (Lipinski definition) is 16. The number of nitrogens with one attached hydrogen (secondary N) is 8. The number of ketones is 1. The maximum absolute atomic E-state index is 14.8. The van der Waals surface area contributed by atoms with Crippen molar-refractivity contribution in [3.05, 3.63) is 23.8 Å². The van der Waals surface area contributed by atoms with Crippen molar-refractivity contribution < 1.29 is 82.1 Å². The number of aromatic nitrogens is 1. The van der Waals surface area contributed by atoms with Crippen LogP contribution in [0.2, 0.25) is 0 Å². The number of aliphatic hydroxyl groups excluding tert-OH is 2. The Morgan fingerprint density at radius 3 is 2.15 bits per heavy atom. The summed E-state index contributed by atoms with van der Waals surface area (Å²) < 4.78 is 19.8. The summed E-state index contributed by atoms with van der Waals surface area (Å²) >= 11 is 0. The molecular weight excluding hydrogens is 971 g/mol. The van der Waals surface area contributed by atoms with Crippen LogP contribution >= 0.6 is 0 Å². The maximum Gasteiger partial charge on any atom is 0.305 e. The van der Waals surface area contributed by atoms with E-state index < -0.39 is 193 Å². The molecular formula is C45H61N9O17S. The molecule has 3 heterocycles. The van der Waals surface area contributed by atoms with Crippen molar-refractivity contribution >= 4 is 86.7 Å². The van der Waals surface area contributed by atoms with E-state index in [0.29, 0.717) is 6.42 Å². The number of carbonyl (C=O) groups is 11. The summed E-state index contributed by atoms with van der Waals surface area (Å²) in [7, 11) is -2.42. The monoisotopic (exact) mass is 1030 g/mol. The fraction of sp³-hybridized carbons (Fsp3) is 0.578. The van der Waals surface area contributed by atoms with E-state index in [1.54, 1.807) is 13.8 Å². The molecule has 26 nitrogen and oxygen atoms in total. The number of esters is 1. The number of phenolic OH excluding ortho intramolecular Hbond substituents is 1. The Kier molecular flexibility index (Phi) is 19.3. The molecule has 2 aliphatic heterocycles. The second kappa shape index (κ2) is 24.9. The molecule has 1 aromatic heterocycles. The minimum absolute atomic E-state index is 0.0399. The highest BCUT2D eigenvalue weighted by molar-refractivity contribution is 7.85. The molecule has 1 aliphatic carbocycles. The first-order valence-electron chi connectivity index (χ1n) is 23.3. The third-order valence-corrected chi connectivity index (χ3v) is 14.4. The Morgan fingerprint density at radius 1 is 0.819 bits per heavy atom. The zero-order valence-electron chi connectivity index (χ0n) is 39.6. The average Bonchev–Trinajstić information content (AvgIpc) is 3.89. The van der Waals surface area contributed by atoms with Gasteiger partial charge in [0.15, 0.2) is 5.78 Å². The molecule has 0 saturated heterocycles. The van der Waals surface area contributed by atoms with Gasteiger partial charge in [0.1, 0.15) is 41.5 Å². The number of ether oxygens (including phenoxy) is 1. The molecule has 5 rings (SSSR count). The average molecular weight is 1030 g/mol. The summed E-state index contributed by atoms with van der Waals surface area (Å²) in [4.78, 5) is 152. The first kappa shape index (κ1) is 55.9. The Labute approximate surface area is 413 Å². The molecule has 8 amide bonds. The molecule has 72 heavy (non-hydrogen) atoms. The predicted octanol–water partition coefficient (Wildman–Crippen LogP) is -4.12. The van der Waals surface area contributed by atoms with Gasteiger partial charge in [-0.3, -0.25) is 56.9 Å². The molecule has 1 fully saturated rings. The minimum atomic E-state index is -2.42. The van der Waals surface area contributed by atoms with E-state index in [0.717, 1.165) is 0 Å². The normalized spacial score (nSPS) is 27.5. The van der Waals surface area contributed by atoms with Gasteiger partial charge in [0.25, 0.3) is 0 Å². The molecule has 2 aromatic rings. The van der Waals surface area contributed by atoms with Crippen molar-refractivity contribution in [1.29, 1.82) is 0 Å². The number of aliphatic hydroxyl groups is 2. The van der Waals surface area contributed by atoms with Gasteiger partial charge in [0.05, 0.1) is 65.7 Å². The van der Waals surface area contributed by atoms with E-state index in [2.05, 4.69) is 42.2 Å². The smallest absolute Gasteiger partial charge is 0.305 e. The van der Waals surface area contributed by atoms with Gasteiger partial charge in [0, 0.05) is 42.6 Å². The number of amides is 8. The van der Waals surface area contributed by atoms with E-state index >= 15 is 0 Å². The Bertz CT molecular complexity index is 2480. The number of aromatic amines is 1. The summed E-state index contributed by atoms with van der Waals surface area (Å²) in [5.74, 6) is -17.3. The molecule has 12 atom stereocenters. The second-order valence-electron chi connectivity index (χ2n) is 18.2. The van der Waals surface area contributed by atoms with Gasteiger partial charge in [-0.25, -0.2) is 0 Å². The zero-order valence-corrected chi connectivity index (χ0v) is 40.5. The summed E-state index contributed by atoms with van der Waals surface area (Å²) in [5, 5.41) is 58.7. The lowest BCUT2D eigenvalue weighted by Crippen LogP contribution is -2.60. The topological polar surface area (TPSA) is 421 Å². The van der Waals surface area contributed by atoms with Crippen molar-refractivity contribution in [2.24, 2.45) is 29.4 Å². The Hall–Kier alpha value is -7.00. The largest absolute Gasteiger partial charge is 0.508 e. The van der Waals surface area contributed by atoms with Crippen molar-refractivity contribution in [3.63, 3.8) is 0 Å². The van der Waals surface area contributed by atoms with Crippen molar-refractivity contribution in [2.75, 3.05) is 25.4 Å². The van der Waals surface area contributed by atoms with Crippen molar-refractivity contribution in [1.82, 2.24) is 42.2 Å². The van der Waals surface area contributed by atoms with Crippen LogP contribution in [0.3, 0.4) is 0 Å². The minimum Gasteiger partial charge on any atom is -0.508 e. The van der Waals surface area contributed by atoms with Crippen LogP contribution in [0.4, 0.5) is 0 Å². The maximum atomic E-state index is 14.8. The third kappa shape index (κ3) is 14.6. The lowest BCUT2D eigenvalue weighted by molar-refractivity contribution is -0.149. The van der Waals surface area contributed by atoms with Crippen LogP contribution in [0.1, 0.15) is 71.3 Å². The summed E-state index contributed by atoms with van der Waals surface area (Å²) in [5.41, 5.74) is 5.71. The fourth-order valence-corrected chi connectivity index (χ4v) is 10.1. The number of carboxylic acid groups (broad SMARTS) is 1. The number of benzene rings is 1. The summed E-state index contributed by atoms with van der Waals surface area (Å²) in [6.07, 6.45) is -5.78. The number of phenols is 1. The van der Waals surface area contributed by atoms with Crippen molar-refractivity contribution in [2.45, 2.75) is 120 Å². The Balaban J connectivity index is 1.69. The number of primary amides is 1. The van der Waals surface area contributed by atoms with Crippen LogP contribution in [-0.4, -0.2) is 162 Å². The van der Waals surface area contributed by atoms with E-state index in [4.69, 9.17) is 15.6 Å². The lowest BCUT2D eigenvalue weighted by atomic mass is 9.85. The molecule has 3 aliphatic rings. The highest BCUT2D eigenvalue weighted by Crippen LogP contribution is 2.35. The first-order valence-corrected chi connectivity index (χ1v) is 24.6. The molecule has 1 aromatic carbocycles. The van der Waals surface area contributed by atoms with Gasteiger partial charge in [-0.05, 0) is 42.9 Å². The quantitative estimate of drug-likeness (QED) is 0.0898. The molecule has 12 unspecified atom stereocenters.